The largest absolute Gasteiger partial charge is 0.345 e. The molecule has 0 amide bonds. The van der Waals surface area contributed by atoms with E-state index in [0.29, 0.717) is 6.61 Å². The number of nitrogens with zero attached hydrogens (tertiary/aromatic N) is 1. The zero-order valence-corrected chi connectivity index (χ0v) is 6.50. The highest BCUT2D eigenvalue weighted by Crippen LogP contribution is 2.23. The zero-order valence-electron chi connectivity index (χ0n) is 6.50. The Kier molecular flexibility index (Phi) is 2.09. The van der Waals surface area contributed by atoms with E-state index in [2.05, 4.69) is 16.1 Å². The van der Waals surface area contributed by atoms with Crippen LogP contribution in [-0.4, -0.2) is 37.0 Å². The van der Waals surface area contributed by atoms with Crippen molar-refractivity contribution in [1.82, 2.24) is 4.90 Å². The summed E-state index contributed by atoms with van der Waals surface area (Å²) in [6.45, 7) is 2.60. The Morgan fingerprint density at radius 2 is 2.09 bits per heavy atom. The van der Waals surface area contributed by atoms with Gasteiger partial charge in [0.05, 0.1) is 12.6 Å². The third kappa shape index (κ3) is 1.40. The number of hydrogen-bond donors (Lipinski definition) is 0. The Labute approximate surface area is 66.3 Å². The minimum atomic E-state index is -1.02. The lowest BCUT2D eigenvalue weighted by Crippen LogP contribution is -2.55. The van der Waals surface area contributed by atoms with Crippen LogP contribution in [0.4, 0.5) is 4.39 Å². The van der Waals surface area contributed by atoms with Crippen molar-refractivity contribution in [2.24, 2.45) is 0 Å². The second kappa shape index (κ2) is 3.07. The number of rotatable bonds is 1. The molecule has 2 heterocycles. The van der Waals surface area contributed by atoms with Crippen molar-refractivity contribution in [3.05, 3.63) is 6.42 Å². The topological polar surface area (TPSA) is 12.5 Å². The second-order valence-electron chi connectivity index (χ2n) is 3.15. The average Bonchev–Trinajstić information content (AvgIpc) is 2.04. The first-order valence-electron chi connectivity index (χ1n) is 4.19. The number of likely N-dealkylation sites (tertiary alicyclic amines) is 1. The first-order chi connectivity index (χ1) is 5.38. The van der Waals surface area contributed by atoms with Gasteiger partial charge in [0.15, 0.2) is 0 Å². The predicted molar refractivity (Wildman–Crippen MR) is 39.7 cm³/mol. The Morgan fingerprint density at radius 1 is 1.36 bits per heavy atom. The molecular weight excluding hydrogens is 145 g/mol. The van der Waals surface area contributed by atoms with E-state index in [9.17, 15) is 4.39 Å². The summed E-state index contributed by atoms with van der Waals surface area (Å²) in [5.41, 5.74) is 0. The van der Waals surface area contributed by atoms with Crippen LogP contribution in [0.1, 0.15) is 12.8 Å². The van der Waals surface area contributed by atoms with Gasteiger partial charge in [-0.2, -0.15) is 0 Å². The maximum Gasteiger partial charge on any atom is 0.216 e. The van der Waals surface area contributed by atoms with Gasteiger partial charge in [-0.3, -0.25) is 4.90 Å². The molecule has 2 aliphatic rings. The fourth-order valence-electron chi connectivity index (χ4n) is 1.63. The lowest BCUT2D eigenvalue weighted by molar-refractivity contribution is -0.199. The van der Waals surface area contributed by atoms with Crippen molar-refractivity contribution < 1.29 is 9.13 Å². The van der Waals surface area contributed by atoms with Gasteiger partial charge in [-0.1, -0.05) is 0 Å². The van der Waals surface area contributed by atoms with E-state index in [1.54, 1.807) is 0 Å². The van der Waals surface area contributed by atoms with E-state index >= 15 is 0 Å². The molecule has 2 aliphatic heterocycles. The highest BCUT2D eigenvalue weighted by Gasteiger charge is 2.37. The summed E-state index contributed by atoms with van der Waals surface area (Å²) < 4.78 is 17.4. The van der Waals surface area contributed by atoms with Crippen molar-refractivity contribution in [3.8, 4) is 0 Å². The van der Waals surface area contributed by atoms with Gasteiger partial charge in [0, 0.05) is 0 Å². The van der Waals surface area contributed by atoms with Crippen LogP contribution in [0.5, 0.6) is 0 Å². The molecule has 0 aromatic carbocycles. The van der Waals surface area contributed by atoms with Crippen molar-refractivity contribution in [3.63, 3.8) is 0 Å². The molecule has 63 valence electrons. The van der Waals surface area contributed by atoms with Crippen LogP contribution >= 0.6 is 0 Å². The Morgan fingerprint density at radius 3 is 2.55 bits per heavy atom. The van der Waals surface area contributed by atoms with Gasteiger partial charge in [0.25, 0.3) is 0 Å². The van der Waals surface area contributed by atoms with Crippen LogP contribution in [0.15, 0.2) is 0 Å². The van der Waals surface area contributed by atoms with E-state index in [4.69, 9.17) is 0 Å². The van der Waals surface area contributed by atoms with Crippen molar-refractivity contribution >= 4 is 0 Å². The molecule has 0 spiro atoms. The van der Waals surface area contributed by atoms with Gasteiger partial charge >= 0.3 is 0 Å². The fraction of sp³-hybridized carbons (Fsp3) is 0.875. The summed E-state index contributed by atoms with van der Waals surface area (Å²) in [4.78, 5) is 2.19. The molecule has 2 rings (SSSR count). The third-order valence-electron chi connectivity index (χ3n) is 2.44. The molecule has 0 bridgehead atoms. The second-order valence-corrected chi connectivity index (χ2v) is 3.15. The molecule has 2 nitrogen and oxygen atoms in total. The maximum atomic E-state index is 12.7. The van der Waals surface area contributed by atoms with Gasteiger partial charge in [0.2, 0.25) is 6.36 Å². The van der Waals surface area contributed by atoms with Gasteiger partial charge in [-0.05, 0) is 32.4 Å². The van der Waals surface area contributed by atoms with Crippen molar-refractivity contribution in [2.45, 2.75) is 25.2 Å². The number of alkyl halides is 1. The Hall–Kier alpha value is -0.150. The zero-order chi connectivity index (χ0) is 7.68. The molecule has 3 heteroatoms. The molecule has 0 saturated carbocycles. The summed E-state index contributed by atoms with van der Waals surface area (Å²) in [6.07, 6.45) is 3.45. The monoisotopic (exact) mass is 158 g/mol. The van der Waals surface area contributed by atoms with Gasteiger partial charge in [-0.15, -0.1) is 0 Å². The number of halogens is 1. The molecule has 0 aromatic rings. The summed E-state index contributed by atoms with van der Waals surface area (Å²) in [7, 11) is 0. The van der Waals surface area contributed by atoms with Crippen LogP contribution in [0, 0.1) is 6.42 Å². The molecular formula is C8H13FNO. The minimum Gasteiger partial charge on any atom is -0.345 e. The molecule has 0 N–H and O–H groups in total. The minimum absolute atomic E-state index is 0.0590. The standard InChI is InChI=1S/C8H13FNO/c9-8-7(6-11-8)10-4-2-1-3-5-10/h1,7-8H,2-6H2. The van der Waals surface area contributed by atoms with Crippen LogP contribution in [0.3, 0.4) is 0 Å². The fourth-order valence-corrected chi connectivity index (χ4v) is 1.63. The Bertz CT molecular complexity index is 136. The number of hydrogen-bond acceptors (Lipinski definition) is 2. The molecule has 2 fully saturated rings. The maximum absolute atomic E-state index is 12.7. The van der Waals surface area contributed by atoms with Gasteiger partial charge in [0.1, 0.15) is 0 Å². The predicted octanol–water partition coefficient (Wildman–Crippen LogP) is 0.981. The molecule has 0 aromatic heterocycles. The Balaban J connectivity index is 1.83. The van der Waals surface area contributed by atoms with Gasteiger partial charge in [-0.25, -0.2) is 4.39 Å². The quantitative estimate of drug-likeness (QED) is 0.564. The summed E-state index contributed by atoms with van der Waals surface area (Å²) >= 11 is 0. The molecule has 2 saturated heterocycles. The van der Waals surface area contributed by atoms with Gasteiger partial charge < -0.3 is 4.74 Å². The van der Waals surface area contributed by atoms with Crippen LogP contribution < -0.4 is 0 Å². The summed E-state index contributed by atoms with van der Waals surface area (Å²) in [5.74, 6) is 0. The molecule has 2 unspecified atom stereocenters. The highest BCUT2D eigenvalue weighted by atomic mass is 19.1. The van der Waals surface area contributed by atoms with Crippen LogP contribution in [0.2, 0.25) is 0 Å². The lowest BCUT2D eigenvalue weighted by atomic mass is 10.1. The molecule has 11 heavy (non-hydrogen) atoms. The molecule has 0 aliphatic carbocycles. The summed E-state index contributed by atoms with van der Waals surface area (Å²) in [6, 6.07) is 0.0590. The van der Waals surface area contributed by atoms with E-state index < -0.39 is 6.36 Å². The smallest absolute Gasteiger partial charge is 0.216 e. The number of piperidine rings is 1. The first kappa shape index (κ1) is 7.50. The van der Waals surface area contributed by atoms with Crippen molar-refractivity contribution in [1.29, 1.82) is 0 Å². The third-order valence-corrected chi connectivity index (χ3v) is 2.44. The van der Waals surface area contributed by atoms with E-state index in [1.165, 1.54) is 0 Å². The molecule has 2 atom stereocenters. The first-order valence-corrected chi connectivity index (χ1v) is 4.19. The van der Waals surface area contributed by atoms with E-state index in [0.717, 1.165) is 25.9 Å². The van der Waals surface area contributed by atoms with Crippen LogP contribution in [-0.2, 0) is 4.74 Å². The average molecular weight is 158 g/mol. The summed E-state index contributed by atoms with van der Waals surface area (Å²) in [5, 5.41) is 0. The van der Waals surface area contributed by atoms with Crippen molar-refractivity contribution in [2.75, 3.05) is 19.7 Å². The number of ether oxygens (including phenoxy) is 1. The van der Waals surface area contributed by atoms with Crippen LogP contribution in [0.25, 0.3) is 0 Å². The highest BCUT2D eigenvalue weighted by molar-refractivity contribution is 4.86. The lowest BCUT2D eigenvalue weighted by Gasteiger charge is -2.41. The van der Waals surface area contributed by atoms with E-state index in [-0.39, 0.29) is 6.04 Å². The van der Waals surface area contributed by atoms with E-state index in [1.807, 2.05) is 0 Å². The molecule has 1 radical (unpaired) electrons. The normalized spacial score (nSPS) is 40.1. The SMILES string of the molecule is FC1OCC1N1CC[CH]CC1.